The molecule has 2 aliphatic rings. The molecule has 17 heavy (non-hydrogen) atoms. The zero-order chi connectivity index (χ0) is 12.5. The van der Waals surface area contributed by atoms with Crippen LogP contribution in [0.15, 0.2) is 0 Å². The molecule has 2 unspecified atom stereocenters. The van der Waals surface area contributed by atoms with E-state index in [1.165, 1.54) is 45.2 Å². The summed E-state index contributed by atoms with van der Waals surface area (Å²) < 4.78 is 0. The van der Waals surface area contributed by atoms with Crippen LogP contribution in [-0.4, -0.2) is 36.1 Å². The highest BCUT2D eigenvalue weighted by Crippen LogP contribution is 2.50. The molecule has 1 saturated heterocycles. The Kier molecular flexibility index (Phi) is 4.14. The van der Waals surface area contributed by atoms with Crippen molar-refractivity contribution >= 4 is 0 Å². The normalized spacial score (nSPS) is 29.6. The third-order valence-electron chi connectivity index (χ3n) is 5.05. The van der Waals surface area contributed by atoms with Gasteiger partial charge in [0.15, 0.2) is 0 Å². The second-order valence-corrected chi connectivity index (χ2v) is 6.77. The minimum absolute atomic E-state index is 0.610. The Balaban J connectivity index is 1.92. The molecule has 1 N–H and O–H groups in total. The molecule has 2 heteroatoms. The van der Waals surface area contributed by atoms with Crippen molar-refractivity contribution in [1.29, 1.82) is 0 Å². The number of nitrogens with one attached hydrogen (secondary N) is 1. The minimum Gasteiger partial charge on any atom is -0.313 e. The van der Waals surface area contributed by atoms with E-state index in [1.807, 2.05) is 0 Å². The maximum Gasteiger partial charge on any atom is 0.0195 e. The van der Waals surface area contributed by atoms with Crippen molar-refractivity contribution in [2.75, 3.05) is 13.1 Å². The van der Waals surface area contributed by atoms with Crippen molar-refractivity contribution in [1.82, 2.24) is 10.2 Å². The second kappa shape index (κ2) is 5.27. The fourth-order valence-corrected chi connectivity index (χ4v) is 3.17. The van der Waals surface area contributed by atoms with E-state index in [1.54, 1.807) is 0 Å². The van der Waals surface area contributed by atoms with Gasteiger partial charge < -0.3 is 5.32 Å². The molecule has 2 atom stereocenters. The summed E-state index contributed by atoms with van der Waals surface area (Å²) in [4.78, 5) is 2.73. The van der Waals surface area contributed by atoms with E-state index < -0.39 is 0 Å². The van der Waals surface area contributed by atoms with Gasteiger partial charge in [0.25, 0.3) is 0 Å². The first-order chi connectivity index (χ1) is 8.03. The molecule has 0 amide bonds. The lowest BCUT2D eigenvalue weighted by Crippen LogP contribution is -2.51. The van der Waals surface area contributed by atoms with Gasteiger partial charge in [0.05, 0.1) is 0 Å². The number of piperidine rings is 1. The summed E-state index contributed by atoms with van der Waals surface area (Å²) in [7, 11) is 0. The van der Waals surface area contributed by atoms with Crippen LogP contribution in [0.4, 0.5) is 0 Å². The maximum absolute atomic E-state index is 3.69. The summed E-state index contributed by atoms with van der Waals surface area (Å²) in [5.74, 6) is 0. The SMILES string of the molecule is CC(C)N(CC1CCCCN1)C(C)C1(C)CC1. The van der Waals surface area contributed by atoms with E-state index in [4.69, 9.17) is 0 Å². The van der Waals surface area contributed by atoms with Crippen LogP contribution in [0.5, 0.6) is 0 Å². The molecule has 2 fully saturated rings. The fraction of sp³-hybridized carbons (Fsp3) is 1.00. The van der Waals surface area contributed by atoms with Crippen LogP contribution in [0.1, 0.15) is 59.8 Å². The Hall–Kier alpha value is -0.0800. The average molecular weight is 238 g/mol. The standard InChI is InChI=1S/C15H30N2/c1-12(2)17(13(3)15(4)8-9-15)11-14-7-5-6-10-16-14/h12-14,16H,5-11H2,1-4H3. The lowest BCUT2D eigenvalue weighted by molar-refractivity contribution is 0.0959. The van der Waals surface area contributed by atoms with Gasteiger partial charge in [-0.1, -0.05) is 13.3 Å². The van der Waals surface area contributed by atoms with Crippen molar-refractivity contribution in [3.8, 4) is 0 Å². The molecule has 100 valence electrons. The Labute approximate surface area is 107 Å². The van der Waals surface area contributed by atoms with Crippen LogP contribution in [0.25, 0.3) is 0 Å². The summed E-state index contributed by atoms with van der Waals surface area (Å²) >= 11 is 0. The van der Waals surface area contributed by atoms with Gasteiger partial charge in [-0.25, -0.2) is 0 Å². The molecule has 2 nitrogen and oxygen atoms in total. The molecule has 2 rings (SSSR count). The van der Waals surface area contributed by atoms with E-state index in [9.17, 15) is 0 Å². The molecule has 0 radical (unpaired) electrons. The van der Waals surface area contributed by atoms with E-state index in [2.05, 4.69) is 37.9 Å². The van der Waals surface area contributed by atoms with E-state index in [0.717, 1.165) is 12.1 Å². The van der Waals surface area contributed by atoms with Crippen molar-refractivity contribution in [3.05, 3.63) is 0 Å². The Morgan fingerprint density at radius 3 is 2.41 bits per heavy atom. The Morgan fingerprint density at radius 1 is 1.24 bits per heavy atom. The zero-order valence-corrected chi connectivity index (χ0v) is 12.1. The first-order valence-electron chi connectivity index (χ1n) is 7.52. The lowest BCUT2D eigenvalue weighted by Gasteiger charge is -2.40. The second-order valence-electron chi connectivity index (χ2n) is 6.77. The van der Waals surface area contributed by atoms with Crippen LogP contribution in [-0.2, 0) is 0 Å². The number of hydrogen-bond donors (Lipinski definition) is 1. The molecular weight excluding hydrogens is 208 g/mol. The number of rotatable bonds is 5. The number of hydrogen-bond acceptors (Lipinski definition) is 2. The monoisotopic (exact) mass is 238 g/mol. The quantitative estimate of drug-likeness (QED) is 0.792. The number of nitrogens with zero attached hydrogens (tertiary/aromatic N) is 1. The van der Waals surface area contributed by atoms with Gasteiger partial charge in [-0.15, -0.1) is 0 Å². The van der Waals surface area contributed by atoms with Gasteiger partial charge in [0.1, 0.15) is 0 Å². The van der Waals surface area contributed by atoms with Crippen molar-refractivity contribution in [2.24, 2.45) is 5.41 Å². The summed E-state index contributed by atoms with van der Waals surface area (Å²) in [6, 6.07) is 2.15. The highest BCUT2D eigenvalue weighted by atomic mass is 15.2. The van der Waals surface area contributed by atoms with E-state index in [0.29, 0.717) is 11.5 Å². The summed E-state index contributed by atoms with van der Waals surface area (Å²) in [5.41, 5.74) is 0.610. The van der Waals surface area contributed by atoms with Gasteiger partial charge in [-0.2, -0.15) is 0 Å². The smallest absolute Gasteiger partial charge is 0.0195 e. The van der Waals surface area contributed by atoms with Gasteiger partial charge >= 0.3 is 0 Å². The molecule has 0 aromatic heterocycles. The largest absolute Gasteiger partial charge is 0.313 e. The average Bonchev–Trinajstić information content (AvgIpc) is 3.06. The fourth-order valence-electron chi connectivity index (χ4n) is 3.17. The molecule has 0 aromatic carbocycles. The highest BCUT2D eigenvalue weighted by Gasteiger charge is 2.45. The molecule has 0 bridgehead atoms. The summed E-state index contributed by atoms with van der Waals surface area (Å²) in [5, 5.41) is 3.69. The van der Waals surface area contributed by atoms with Crippen molar-refractivity contribution in [2.45, 2.75) is 77.9 Å². The van der Waals surface area contributed by atoms with Gasteiger partial charge in [0, 0.05) is 24.7 Å². The van der Waals surface area contributed by atoms with Crippen LogP contribution < -0.4 is 5.32 Å². The van der Waals surface area contributed by atoms with Crippen LogP contribution >= 0.6 is 0 Å². The van der Waals surface area contributed by atoms with Crippen molar-refractivity contribution in [3.63, 3.8) is 0 Å². The third-order valence-corrected chi connectivity index (χ3v) is 5.05. The van der Waals surface area contributed by atoms with Crippen LogP contribution in [0.2, 0.25) is 0 Å². The topological polar surface area (TPSA) is 15.3 Å². The lowest BCUT2D eigenvalue weighted by atomic mass is 9.96. The molecule has 0 spiro atoms. The minimum atomic E-state index is 0.610. The van der Waals surface area contributed by atoms with Gasteiger partial charge in [-0.3, -0.25) is 4.90 Å². The van der Waals surface area contributed by atoms with Crippen LogP contribution in [0, 0.1) is 5.41 Å². The summed E-state index contributed by atoms with van der Waals surface area (Å²) in [6.45, 7) is 12.1. The molecular formula is C15H30N2. The van der Waals surface area contributed by atoms with Crippen molar-refractivity contribution < 1.29 is 0 Å². The molecule has 1 saturated carbocycles. The molecule has 1 aliphatic carbocycles. The molecule has 1 heterocycles. The van der Waals surface area contributed by atoms with Gasteiger partial charge in [-0.05, 0) is 58.4 Å². The first kappa shape index (κ1) is 13.4. The predicted molar refractivity (Wildman–Crippen MR) is 74.3 cm³/mol. The molecule has 0 aromatic rings. The van der Waals surface area contributed by atoms with E-state index in [-0.39, 0.29) is 0 Å². The third kappa shape index (κ3) is 3.23. The Bertz CT molecular complexity index is 239. The summed E-state index contributed by atoms with van der Waals surface area (Å²) in [6.07, 6.45) is 7.00. The maximum atomic E-state index is 3.69. The predicted octanol–water partition coefficient (Wildman–Crippen LogP) is 3.03. The van der Waals surface area contributed by atoms with Crippen LogP contribution in [0.3, 0.4) is 0 Å². The van der Waals surface area contributed by atoms with E-state index >= 15 is 0 Å². The zero-order valence-electron chi connectivity index (χ0n) is 12.1. The first-order valence-corrected chi connectivity index (χ1v) is 7.52. The Morgan fingerprint density at radius 2 is 1.94 bits per heavy atom. The highest BCUT2D eigenvalue weighted by molar-refractivity contribution is 4.99. The molecule has 1 aliphatic heterocycles. The van der Waals surface area contributed by atoms with Gasteiger partial charge in [0.2, 0.25) is 0 Å².